The highest BCUT2D eigenvalue weighted by atomic mass is 31.0. The molecule has 5 unspecified atom stereocenters. The molecule has 0 spiro atoms. The summed E-state index contributed by atoms with van der Waals surface area (Å²) in [5.41, 5.74) is 5.65. The summed E-state index contributed by atoms with van der Waals surface area (Å²) in [5, 5.41) is -0.723. The number of rotatable bonds is 5. The van der Waals surface area contributed by atoms with Gasteiger partial charge in [0, 0.05) is 24.8 Å². The van der Waals surface area contributed by atoms with E-state index in [1.54, 1.807) is 0 Å². The third-order valence-electron chi connectivity index (χ3n) is 9.72. The van der Waals surface area contributed by atoms with Crippen LogP contribution >= 0.6 is 18.5 Å². The summed E-state index contributed by atoms with van der Waals surface area (Å²) in [5.74, 6) is 4.69. The minimum absolute atomic E-state index is 0.185. The third kappa shape index (κ3) is 3.70. The molecule has 188 valence electrons. The van der Waals surface area contributed by atoms with Crippen LogP contribution in [0.1, 0.15) is 50.2 Å². The lowest BCUT2D eigenvalue weighted by Crippen LogP contribution is -2.54. The second-order valence-electron chi connectivity index (χ2n) is 11.6. The van der Waals surface area contributed by atoms with Crippen LogP contribution < -0.4 is 0 Å². The van der Waals surface area contributed by atoms with Gasteiger partial charge < -0.3 is 0 Å². The molecule has 2 aromatic rings. The molecule has 6 heteroatoms. The van der Waals surface area contributed by atoms with Crippen LogP contribution in [0, 0.1) is 29.1 Å². The van der Waals surface area contributed by atoms with E-state index in [0.717, 1.165) is 42.0 Å². The Kier molecular flexibility index (Phi) is 5.91. The van der Waals surface area contributed by atoms with E-state index in [4.69, 9.17) is 19.9 Å². The first-order valence-electron chi connectivity index (χ1n) is 13.7. The third-order valence-corrected chi connectivity index (χ3v) is 11.1. The SMILES string of the molecule is PCC1C2CC3CC(C2)CC1(C1=CC(=C2C=CC=CC2)C=C1C(P)(c1ncccn1)c1ncccn1)C3. The minimum atomic E-state index is -0.723. The molecule has 0 aromatic carbocycles. The molecule has 4 bridgehead atoms. The number of allylic oxidation sites excluding steroid dienone is 10. The van der Waals surface area contributed by atoms with E-state index in [2.05, 4.69) is 54.9 Å². The van der Waals surface area contributed by atoms with Crippen LogP contribution in [0.2, 0.25) is 0 Å². The molecular weight excluding hydrogens is 490 g/mol. The maximum Gasteiger partial charge on any atom is 0.150 e. The fraction of sp³-hybridized carbons (Fsp3) is 0.419. The maximum absolute atomic E-state index is 4.80. The summed E-state index contributed by atoms with van der Waals surface area (Å²) in [6.45, 7) is 0. The van der Waals surface area contributed by atoms with E-state index in [0.29, 0.717) is 5.92 Å². The van der Waals surface area contributed by atoms with Crippen molar-refractivity contribution in [3.05, 3.63) is 107 Å². The molecule has 0 aliphatic heterocycles. The Morgan fingerprint density at radius 3 is 2.08 bits per heavy atom. The number of aromatic nitrogens is 4. The van der Waals surface area contributed by atoms with Crippen molar-refractivity contribution in [3.8, 4) is 0 Å². The van der Waals surface area contributed by atoms with Crippen molar-refractivity contribution in [1.82, 2.24) is 19.9 Å². The first-order valence-corrected chi connectivity index (χ1v) is 15.1. The first-order chi connectivity index (χ1) is 18.1. The van der Waals surface area contributed by atoms with Crippen molar-refractivity contribution in [3.63, 3.8) is 0 Å². The zero-order valence-corrected chi connectivity index (χ0v) is 23.4. The van der Waals surface area contributed by atoms with Crippen molar-refractivity contribution in [2.75, 3.05) is 6.16 Å². The summed E-state index contributed by atoms with van der Waals surface area (Å²) in [7, 11) is 6.25. The molecule has 4 fully saturated rings. The van der Waals surface area contributed by atoms with Crippen molar-refractivity contribution < 1.29 is 0 Å². The smallest absolute Gasteiger partial charge is 0.150 e. The number of nitrogens with zero attached hydrogens (tertiary/aromatic N) is 4. The molecule has 6 aliphatic carbocycles. The largest absolute Gasteiger partial charge is 0.240 e. The standard InChI is InChI=1S/C31H34N4P2/c36-19-27-24-13-20-12-21(14-24)18-30(27,17-20)25-15-23(22-6-2-1-3-7-22)16-26(25)31(37,28-32-8-4-9-33-28)29-34-10-5-11-35-29/h1-6,8-11,15-16,20-21,24,27H,7,12-14,17-19,36-37H2. The normalized spacial score (nSPS) is 34.1. The Bertz CT molecular complexity index is 1300. The maximum atomic E-state index is 4.80. The molecule has 37 heavy (non-hydrogen) atoms. The van der Waals surface area contributed by atoms with Gasteiger partial charge in [0.2, 0.25) is 0 Å². The molecule has 5 atom stereocenters. The van der Waals surface area contributed by atoms with Gasteiger partial charge in [-0.1, -0.05) is 30.4 Å². The summed E-state index contributed by atoms with van der Waals surface area (Å²) in [4.78, 5) is 19.2. The van der Waals surface area contributed by atoms with Gasteiger partial charge in [-0.05, 0) is 114 Å². The second-order valence-corrected chi connectivity index (χ2v) is 13.0. The number of hydrogen-bond acceptors (Lipinski definition) is 4. The van der Waals surface area contributed by atoms with Gasteiger partial charge in [-0.2, -0.15) is 0 Å². The first kappa shape index (κ1) is 23.8. The molecule has 0 amide bonds. The van der Waals surface area contributed by atoms with Gasteiger partial charge in [0.05, 0.1) is 0 Å². The van der Waals surface area contributed by atoms with Crippen LogP contribution in [0.3, 0.4) is 0 Å². The molecule has 0 radical (unpaired) electrons. The molecule has 2 heterocycles. The predicted molar refractivity (Wildman–Crippen MR) is 155 cm³/mol. The van der Waals surface area contributed by atoms with Crippen molar-refractivity contribution in [1.29, 1.82) is 0 Å². The quantitative estimate of drug-likeness (QED) is 0.426. The fourth-order valence-electron chi connectivity index (χ4n) is 8.49. The lowest BCUT2D eigenvalue weighted by atomic mass is 9.43. The molecular formula is C31H34N4P2. The number of hydrogen-bond donors (Lipinski definition) is 0. The molecule has 6 aliphatic rings. The van der Waals surface area contributed by atoms with E-state index in [-0.39, 0.29) is 5.41 Å². The van der Waals surface area contributed by atoms with Gasteiger partial charge in [0.25, 0.3) is 0 Å². The molecule has 4 saturated carbocycles. The van der Waals surface area contributed by atoms with E-state index < -0.39 is 5.16 Å². The topological polar surface area (TPSA) is 51.6 Å². The highest BCUT2D eigenvalue weighted by molar-refractivity contribution is 7.19. The van der Waals surface area contributed by atoms with Crippen LogP contribution in [0.15, 0.2) is 95.7 Å². The van der Waals surface area contributed by atoms with E-state index in [1.165, 1.54) is 54.4 Å². The van der Waals surface area contributed by atoms with Crippen LogP contribution in [-0.4, -0.2) is 26.1 Å². The Morgan fingerprint density at radius 2 is 1.51 bits per heavy atom. The monoisotopic (exact) mass is 524 g/mol. The highest BCUT2D eigenvalue weighted by Gasteiger charge is 2.60. The van der Waals surface area contributed by atoms with Gasteiger partial charge in [-0.15, -0.1) is 18.5 Å². The van der Waals surface area contributed by atoms with Crippen molar-refractivity contribution in [2.45, 2.75) is 43.7 Å². The molecule has 8 rings (SSSR count). The lowest BCUT2D eigenvalue weighted by molar-refractivity contribution is -0.0767. The Balaban J connectivity index is 1.47. The second kappa shape index (κ2) is 9.18. The van der Waals surface area contributed by atoms with Gasteiger partial charge in [-0.25, -0.2) is 19.9 Å². The Hall–Kier alpha value is -2.28. The van der Waals surface area contributed by atoms with Crippen LogP contribution in [0.25, 0.3) is 0 Å². The fourth-order valence-corrected chi connectivity index (χ4v) is 9.86. The zero-order valence-electron chi connectivity index (χ0n) is 21.1. The van der Waals surface area contributed by atoms with Crippen LogP contribution in [0.4, 0.5) is 0 Å². The van der Waals surface area contributed by atoms with Crippen molar-refractivity contribution in [2.24, 2.45) is 29.1 Å². The minimum Gasteiger partial charge on any atom is -0.240 e. The highest BCUT2D eigenvalue weighted by Crippen LogP contribution is 2.69. The molecule has 0 saturated heterocycles. The van der Waals surface area contributed by atoms with Gasteiger partial charge >= 0.3 is 0 Å². The Morgan fingerprint density at radius 1 is 0.865 bits per heavy atom. The molecule has 2 aromatic heterocycles. The summed E-state index contributed by atoms with van der Waals surface area (Å²) >= 11 is 0. The molecule has 4 nitrogen and oxygen atoms in total. The van der Waals surface area contributed by atoms with E-state index >= 15 is 0 Å². The van der Waals surface area contributed by atoms with Crippen LogP contribution in [-0.2, 0) is 5.16 Å². The van der Waals surface area contributed by atoms with E-state index in [1.807, 2.05) is 36.9 Å². The molecule has 0 N–H and O–H groups in total. The van der Waals surface area contributed by atoms with Gasteiger partial charge in [-0.3, -0.25) is 0 Å². The summed E-state index contributed by atoms with van der Waals surface area (Å²) in [6.07, 6.45) is 30.1. The van der Waals surface area contributed by atoms with Gasteiger partial charge in [0.15, 0.2) is 0 Å². The lowest BCUT2D eigenvalue weighted by Gasteiger charge is -2.62. The Labute approximate surface area is 224 Å². The summed E-state index contributed by atoms with van der Waals surface area (Å²) in [6, 6.07) is 3.77. The van der Waals surface area contributed by atoms with E-state index in [9.17, 15) is 0 Å². The van der Waals surface area contributed by atoms with Crippen LogP contribution in [0.5, 0.6) is 0 Å². The zero-order chi connectivity index (χ0) is 25.0. The summed E-state index contributed by atoms with van der Waals surface area (Å²) < 4.78 is 0. The van der Waals surface area contributed by atoms with Gasteiger partial charge in [0.1, 0.15) is 16.8 Å². The van der Waals surface area contributed by atoms with Crippen molar-refractivity contribution >= 4 is 18.5 Å². The average molecular weight is 525 g/mol. The predicted octanol–water partition coefficient (Wildman–Crippen LogP) is 6.38. The average Bonchev–Trinajstić information content (AvgIpc) is 3.41.